The summed E-state index contributed by atoms with van der Waals surface area (Å²) in [6.45, 7) is 4.73. The van der Waals surface area contributed by atoms with Gasteiger partial charge in [-0.2, -0.15) is 0 Å². The van der Waals surface area contributed by atoms with Crippen molar-refractivity contribution in [1.82, 2.24) is 0 Å². The summed E-state index contributed by atoms with van der Waals surface area (Å²) >= 11 is 0. The molecule has 1 amide bonds. The fourth-order valence-corrected chi connectivity index (χ4v) is 3.61. The van der Waals surface area contributed by atoms with Crippen LogP contribution in [0.3, 0.4) is 0 Å². The maximum absolute atomic E-state index is 12.6. The Bertz CT molecular complexity index is 858. The summed E-state index contributed by atoms with van der Waals surface area (Å²) in [4.78, 5) is 12.6. The number of phenolic OH excluding ortho intramolecular Hbond substituents is 2. The molecule has 0 saturated heterocycles. The average Bonchev–Trinajstić information content (AvgIpc) is 2.71. The van der Waals surface area contributed by atoms with Crippen LogP contribution in [-0.2, 0) is 17.6 Å². The molecule has 6 nitrogen and oxygen atoms in total. The molecule has 0 radical (unpaired) electrons. The van der Waals surface area contributed by atoms with E-state index in [2.05, 4.69) is 19.2 Å². The number of benzene rings is 2. The summed E-state index contributed by atoms with van der Waals surface area (Å²) in [7, 11) is 0. The van der Waals surface area contributed by atoms with Crippen molar-refractivity contribution in [2.75, 3.05) is 11.9 Å². The van der Waals surface area contributed by atoms with Crippen LogP contribution in [0.2, 0.25) is 0 Å². The first-order valence-electron chi connectivity index (χ1n) is 10.9. The van der Waals surface area contributed by atoms with Crippen molar-refractivity contribution in [2.45, 2.75) is 64.8 Å². The zero-order valence-electron chi connectivity index (χ0n) is 18.5. The van der Waals surface area contributed by atoms with Crippen LogP contribution in [-0.4, -0.2) is 28.7 Å². The standard InChI is InChI=1S/C24H35N3O3.ClH/c1-3-7-16-13-20(19-11-10-18(28)15-17(19)8-4-2)23(29)22(14-16)27-24(30)21(26)9-5-6-12-25;/h10-11,13-15,21,28-29H,3-9,12,25-26H2,1-2H3,(H,27,30);1H. The van der Waals surface area contributed by atoms with Crippen molar-refractivity contribution >= 4 is 24.0 Å². The molecule has 0 aliphatic heterocycles. The van der Waals surface area contributed by atoms with Crippen molar-refractivity contribution in [3.05, 3.63) is 41.5 Å². The maximum Gasteiger partial charge on any atom is 0.241 e. The Balaban J connectivity index is 0.00000480. The summed E-state index contributed by atoms with van der Waals surface area (Å²) in [5.74, 6) is -0.106. The number of hydrogen-bond donors (Lipinski definition) is 5. The van der Waals surface area contributed by atoms with Gasteiger partial charge >= 0.3 is 0 Å². The average molecular weight is 450 g/mol. The lowest BCUT2D eigenvalue weighted by Gasteiger charge is -2.18. The number of rotatable bonds is 11. The zero-order valence-corrected chi connectivity index (χ0v) is 19.3. The van der Waals surface area contributed by atoms with E-state index >= 15 is 0 Å². The summed E-state index contributed by atoms with van der Waals surface area (Å²) in [5.41, 5.74) is 15.4. The van der Waals surface area contributed by atoms with Gasteiger partial charge in [-0.25, -0.2) is 0 Å². The summed E-state index contributed by atoms with van der Waals surface area (Å²) in [6, 6.07) is 8.28. The van der Waals surface area contributed by atoms with Crippen LogP contribution >= 0.6 is 12.4 Å². The van der Waals surface area contributed by atoms with E-state index in [-0.39, 0.29) is 29.8 Å². The van der Waals surface area contributed by atoms with Crippen molar-refractivity contribution in [3.8, 4) is 22.6 Å². The topological polar surface area (TPSA) is 122 Å². The van der Waals surface area contributed by atoms with Gasteiger partial charge in [-0.1, -0.05) is 39.2 Å². The number of hydrogen-bond acceptors (Lipinski definition) is 5. The number of halogens is 1. The van der Waals surface area contributed by atoms with Crippen LogP contribution in [0.25, 0.3) is 11.1 Å². The minimum Gasteiger partial charge on any atom is -0.508 e. The molecule has 0 saturated carbocycles. The Labute approximate surface area is 191 Å². The van der Waals surface area contributed by atoms with Crippen LogP contribution in [0.5, 0.6) is 11.5 Å². The molecule has 1 unspecified atom stereocenters. The van der Waals surface area contributed by atoms with Gasteiger partial charge < -0.3 is 27.0 Å². The number of anilines is 1. The third kappa shape index (κ3) is 7.42. The number of amides is 1. The lowest BCUT2D eigenvalue weighted by Crippen LogP contribution is -2.35. The predicted molar refractivity (Wildman–Crippen MR) is 130 cm³/mol. The largest absolute Gasteiger partial charge is 0.508 e. The fourth-order valence-electron chi connectivity index (χ4n) is 3.61. The molecule has 2 aromatic rings. The normalized spacial score (nSPS) is 11.6. The van der Waals surface area contributed by atoms with Crippen LogP contribution in [0.15, 0.2) is 30.3 Å². The molecule has 0 spiro atoms. The van der Waals surface area contributed by atoms with Gasteiger partial charge in [-0.15, -0.1) is 12.4 Å². The second kappa shape index (κ2) is 13.2. The molecule has 172 valence electrons. The highest BCUT2D eigenvalue weighted by Gasteiger charge is 2.19. The summed E-state index contributed by atoms with van der Waals surface area (Å²) in [6.07, 6.45) is 5.59. The molecule has 2 aromatic carbocycles. The molecule has 0 aliphatic rings. The third-order valence-corrected chi connectivity index (χ3v) is 5.17. The van der Waals surface area contributed by atoms with E-state index in [1.54, 1.807) is 12.1 Å². The lowest BCUT2D eigenvalue weighted by molar-refractivity contribution is -0.117. The van der Waals surface area contributed by atoms with Crippen LogP contribution in [0.4, 0.5) is 5.69 Å². The van der Waals surface area contributed by atoms with Gasteiger partial charge in [0.05, 0.1) is 11.7 Å². The smallest absolute Gasteiger partial charge is 0.241 e. The van der Waals surface area contributed by atoms with Gasteiger partial charge in [0.25, 0.3) is 0 Å². The Hall–Kier alpha value is -2.28. The van der Waals surface area contributed by atoms with E-state index in [1.807, 2.05) is 18.2 Å². The van der Waals surface area contributed by atoms with Gasteiger partial charge in [0.15, 0.2) is 0 Å². The van der Waals surface area contributed by atoms with Crippen LogP contribution < -0.4 is 16.8 Å². The molecule has 2 rings (SSSR count). The van der Waals surface area contributed by atoms with E-state index in [1.165, 1.54) is 0 Å². The molecular weight excluding hydrogens is 414 g/mol. The summed E-state index contributed by atoms with van der Waals surface area (Å²) in [5, 5.41) is 23.7. The molecule has 0 heterocycles. The van der Waals surface area contributed by atoms with Gasteiger partial charge in [0, 0.05) is 5.56 Å². The highest BCUT2D eigenvalue weighted by molar-refractivity contribution is 5.97. The van der Waals surface area contributed by atoms with E-state index in [0.29, 0.717) is 24.2 Å². The molecule has 0 fully saturated rings. The van der Waals surface area contributed by atoms with Crippen molar-refractivity contribution in [3.63, 3.8) is 0 Å². The molecule has 0 aliphatic carbocycles. The van der Waals surface area contributed by atoms with Crippen molar-refractivity contribution in [1.29, 1.82) is 0 Å². The van der Waals surface area contributed by atoms with Gasteiger partial charge in [-0.05, 0) is 73.2 Å². The number of unbranched alkanes of at least 4 members (excludes halogenated alkanes) is 1. The third-order valence-electron chi connectivity index (χ3n) is 5.17. The van der Waals surface area contributed by atoms with E-state index in [0.717, 1.165) is 55.2 Å². The quantitative estimate of drug-likeness (QED) is 0.255. The first-order valence-corrected chi connectivity index (χ1v) is 10.9. The van der Waals surface area contributed by atoms with E-state index < -0.39 is 6.04 Å². The highest BCUT2D eigenvalue weighted by atomic mass is 35.5. The number of carbonyl (C=O) groups excluding carboxylic acids is 1. The number of nitrogens with two attached hydrogens (primary N) is 2. The van der Waals surface area contributed by atoms with Crippen LogP contribution in [0.1, 0.15) is 57.1 Å². The number of aromatic hydroxyl groups is 2. The predicted octanol–water partition coefficient (Wildman–Crippen LogP) is 4.49. The first-order chi connectivity index (χ1) is 14.4. The van der Waals surface area contributed by atoms with Gasteiger partial charge in [-0.3, -0.25) is 4.79 Å². The fraction of sp³-hybridized carbons (Fsp3) is 0.458. The maximum atomic E-state index is 12.6. The molecular formula is C24H36ClN3O3. The molecule has 7 heteroatoms. The molecule has 7 N–H and O–H groups in total. The summed E-state index contributed by atoms with van der Waals surface area (Å²) < 4.78 is 0. The number of phenols is 2. The SMILES string of the molecule is CCCc1cc(NC(=O)C(N)CCCCN)c(O)c(-c2ccc(O)cc2CCC)c1.Cl. The number of aryl methyl sites for hydroxylation is 2. The monoisotopic (exact) mass is 449 g/mol. The Morgan fingerprint density at radius 3 is 2.39 bits per heavy atom. The van der Waals surface area contributed by atoms with Crippen LogP contribution in [0, 0.1) is 0 Å². The molecule has 0 bridgehead atoms. The van der Waals surface area contributed by atoms with Gasteiger partial charge in [0.1, 0.15) is 11.5 Å². The molecule has 31 heavy (non-hydrogen) atoms. The Morgan fingerprint density at radius 1 is 1.03 bits per heavy atom. The highest BCUT2D eigenvalue weighted by Crippen LogP contribution is 2.40. The molecule has 1 atom stereocenters. The zero-order chi connectivity index (χ0) is 22.1. The molecule has 0 aromatic heterocycles. The van der Waals surface area contributed by atoms with E-state index in [4.69, 9.17) is 11.5 Å². The minimum absolute atomic E-state index is 0. The minimum atomic E-state index is -0.654. The number of carbonyl (C=O) groups is 1. The van der Waals surface area contributed by atoms with Gasteiger partial charge in [0.2, 0.25) is 5.91 Å². The number of nitrogens with one attached hydrogen (secondary N) is 1. The Morgan fingerprint density at radius 2 is 1.74 bits per heavy atom. The van der Waals surface area contributed by atoms with Crippen molar-refractivity contribution in [2.24, 2.45) is 11.5 Å². The Kier molecular flexibility index (Phi) is 11.4. The van der Waals surface area contributed by atoms with E-state index in [9.17, 15) is 15.0 Å². The first kappa shape index (κ1) is 26.8. The second-order valence-electron chi connectivity index (χ2n) is 7.76. The van der Waals surface area contributed by atoms with Crippen molar-refractivity contribution < 1.29 is 15.0 Å². The lowest BCUT2D eigenvalue weighted by atomic mass is 9.93. The second-order valence-corrected chi connectivity index (χ2v) is 7.76.